The lowest BCUT2D eigenvalue weighted by molar-refractivity contribution is 0.0548. The van der Waals surface area contributed by atoms with Crippen molar-refractivity contribution in [2.24, 2.45) is 5.41 Å². The Morgan fingerprint density at radius 3 is 2.69 bits per heavy atom. The maximum atomic E-state index is 13.1. The first kappa shape index (κ1) is 21.6. The zero-order chi connectivity index (χ0) is 19.6. The van der Waals surface area contributed by atoms with E-state index < -0.39 is 5.63 Å². The molecule has 0 bridgehead atoms. The van der Waals surface area contributed by atoms with Crippen molar-refractivity contribution in [1.82, 2.24) is 10.2 Å². The van der Waals surface area contributed by atoms with Crippen molar-refractivity contribution in [1.29, 1.82) is 0 Å². The average molecular weight is 417 g/mol. The number of hydrogen-bond acceptors (Lipinski definition) is 4. The number of nitrogens with one attached hydrogen (secondary N) is 1. The largest absolute Gasteiger partial charge is 0.427 e. The summed E-state index contributed by atoms with van der Waals surface area (Å²) in [5, 5.41) is 3.42. The second-order valence-electron chi connectivity index (χ2n) is 8.30. The SMILES string of the molecule is Cc1cc(CCc2ccccc2)oc(=O)c1C(=O)N1CCCC2(CCNC2)C1.Cl. The number of halogens is 1. The lowest BCUT2D eigenvalue weighted by Gasteiger charge is -2.40. The fourth-order valence-corrected chi connectivity index (χ4v) is 4.65. The molecule has 0 aliphatic carbocycles. The van der Waals surface area contributed by atoms with E-state index in [9.17, 15) is 9.59 Å². The van der Waals surface area contributed by atoms with Gasteiger partial charge in [0.05, 0.1) is 0 Å². The molecule has 1 atom stereocenters. The molecule has 1 amide bonds. The van der Waals surface area contributed by atoms with Crippen LogP contribution in [0.4, 0.5) is 0 Å². The molecule has 156 valence electrons. The lowest BCUT2D eigenvalue weighted by atomic mass is 9.79. The number of nitrogens with zero attached hydrogens (tertiary/aromatic N) is 1. The van der Waals surface area contributed by atoms with E-state index in [-0.39, 0.29) is 29.3 Å². The molecular weight excluding hydrogens is 388 g/mol. The van der Waals surface area contributed by atoms with Gasteiger partial charge in [0.15, 0.2) is 0 Å². The molecule has 6 heteroatoms. The fourth-order valence-electron chi connectivity index (χ4n) is 4.65. The van der Waals surface area contributed by atoms with Gasteiger partial charge in [0.2, 0.25) is 0 Å². The van der Waals surface area contributed by atoms with Crippen molar-refractivity contribution >= 4 is 18.3 Å². The van der Waals surface area contributed by atoms with Crippen LogP contribution >= 0.6 is 12.4 Å². The van der Waals surface area contributed by atoms with Crippen LogP contribution in [-0.4, -0.2) is 37.0 Å². The third kappa shape index (κ3) is 4.73. The monoisotopic (exact) mass is 416 g/mol. The maximum absolute atomic E-state index is 13.1. The molecule has 3 heterocycles. The summed E-state index contributed by atoms with van der Waals surface area (Å²) < 4.78 is 5.52. The first-order valence-corrected chi connectivity index (χ1v) is 10.2. The van der Waals surface area contributed by atoms with Crippen molar-refractivity contribution in [2.45, 2.75) is 39.0 Å². The van der Waals surface area contributed by atoms with Crippen molar-refractivity contribution < 1.29 is 9.21 Å². The second-order valence-corrected chi connectivity index (χ2v) is 8.30. The number of carbonyl (C=O) groups is 1. The molecule has 2 aromatic rings. The van der Waals surface area contributed by atoms with E-state index in [0.29, 0.717) is 17.7 Å². The van der Waals surface area contributed by atoms with E-state index in [2.05, 4.69) is 17.4 Å². The molecule has 1 spiro atoms. The summed E-state index contributed by atoms with van der Waals surface area (Å²) in [5.41, 5.74) is 1.79. The van der Waals surface area contributed by atoms with Crippen LogP contribution < -0.4 is 10.9 Å². The Kier molecular flexibility index (Phi) is 6.81. The van der Waals surface area contributed by atoms with Gasteiger partial charge in [0, 0.05) is 31.5 Å². The van der Waals surface area contributed by atoms with E-state index in [1.54, 1.807) is 0 Å². The molecule has 1 N–H and O–H groups in total. The number of piperidine rings is 1. The Balaban J connectivity index is 0.00000240. The van der Waals surface area contributed by atoms with Gasteiger partial charge < -0.3 is 14.6 Å². The highest BCUT2D eigenvalue weighted by Gasteiger charge is 2.40. The Hall–Kier alpha value is -2.11. The normalized spacial score (nSPS) is 21.2. The predicted molar refractivity (Wildman–Crippen MR) is 116 cm³/mol. The van der Waals surface area contributed by atoms with Crippen LogP contribution in [0.3, 0.4) is 0 Å². The van der Waals surface area contributed by atoms with Gasteiger partial charge in [-0.3, -0.25) is 4.79 Å². The molecule has 2 saturated heterocycles. The molecule has 0 radical (unpaired) electrons. The van der Waals surface area contributed by atoms with Gasteiger partial charge >= 0.3 is 5.63 Å². The van der Waals surface area contributed by atoms with Crippen molar-refractivity contribution in [3.63, 3.8) is 0 Å². The summed E-state index contributed by atoms with van der Waals surface area (Å²) >= 11 is 0. The maximum Gasteiger partial charge on any atom is 0.349 e. The molecule has 2 aliphatic heterocycles. The van der Waals surface area contributed by atoms with Crippen LogP contribution in [0.15, 0.2) is 45.6 Å². The summed E-state index contributed by atoms with van der Waals surface area (Å²) in [6, 6.07) is 12.0. The van der Waals surface area contributed by atoms with Crippen molar-refractivity contribution in [3.05, 3.63) is 69.3 Å². The lowest BCUT2D eigenvalue weighted by Crippen LogP contribution is -2.48. The number of rotatable bonds is 4. The molecular formula is C23H29ClN2O3. The van der Waals surface area contributed by atoms with Crippen LogP contribution in [0.5, 0.6) is 0 Å². The van der Waals surface area contributed by atoms with Crippen LogP contribution in [0.1, 0.15) is 46.5 Å². The minimum absolute atomic E-state index is 0. The van der Waals surface area contributed by atoms with Crippen LogP contribution in [0, 0.1) is 12.3 Å². The van der Waals surface area contributed by atoms with Gasteiger partial charge in [-0.2, -0.15) is 0 Å². The van der Waals surface area contributed by atoms with Crippen molar-refractivity contribution in [3.8, 4) is 0 Å². The second kappa shape index (κ2) is 9.14. The molecule has 1 aromatic heterocycles. The average Bonchev–Trinajstić information content (AvgIpc) is 3.14. The molecule has 2 aliphatic rings. The van der Waals surface area contributed by atoms with E-state index >= 15 is 0 Å². The third-order valence-electron chi connectivity index (χ3n) is 6.20. The van der Waals surface area contributed by atoms with E-state index in [0.717, 1.165) is 51.9 Å². The summed E-state index contributed by atoms with van der Waals surface area (Å²) in [6.45, 7) is 5.26. The molecule has 5 nitrogen and oxygen atoms in total. The first-order valence-electron chi connectivity index (χ1n) is 10.2. The van der Waals surface area contributed by atoms with Gasteiger partial charge in [0.25, 0.3) is 5.91 Å². The molecule has 4 rings (SSSR count). The first-order chi connectivity index (χ1) is 13.6. The number of hydrogen-bond donors (Lipinski definition) is 1. The molecule has 1 aromatic carbocycles. The highest BCUT2D eigenvalue weighted by molar-refractivity contribution is 5.95. The standard InChI is InChI=1S/C23H28N2O3.ClH/c1-17-14-19(9-8-18-6-3-2-4-7-18)28-22(27)20(17)21(26)25-13-5-10-23(16-25)11-12-24-15-23;/h2-4,6-7,14,24H,5,8-13,15-16H2,1H3;1H. The zero-order valence-corrected chi connectivity index (χ0v) is 17.7. The number of amides is 1. The van der Waals surface area contributed by atoms with E-state index in [1.807, 2.05) is 36.1 Å². The van der Waals surface area contributed by atoms with Gasteiger partial charge in [-0.15, -0.1) is 12.4 Å². The van der Waals surface area contributed by atoms with Gasteiger partial charge in [-0.05, 0) is 56.3 Å². The highest BCUT2D eigenvalue weighted by Crippen LogP contribution is 2.36. The number of likely N-dealkylation sites (tertiary alicyclic amines) is 1. The topological polar surface area (TPSA) is 62.6 Å². The van der Waals surface area contributed by atoms with Crippen molar-refractivity contribution in [2.75, 3.05) is 26.2 Å². The molecule has 2 fully saturated rings. The van der Waals surface area contributed by atoms with Crippen LogP contribution in [0.2, 0.25) is 0 Å². The summed E-state index contributed by atoms with van der Waals surface area (Å²) in [6.07, 6.45) is 4.69. The minimum Gasteiger partial charge on any atom is -0.427 e. The third-order valence-corrected chi connectivity index (χ3v) is 6.20. The Morgan fingerprint density at radius 2 is 2.00 bits per heavy atom. The minimum atomic E-state index is -0.503. The van der Waals surface area contributed by atoms with Gasteiger partial charge in [-0.1, -0.05) is 30.3 Å². The zero-order valence-electron chi connectivity index (χ0n) is 16.9. The predicted octanol–water partition coefficient (Wildman–Crippen LogP) is 3.37. The molecule has 29 heavy (non-hydrogen) atoms. The van der Waals surface area contributed by atoms with E-state index in [1.165, 1.54) is 5.56 Å². The highest BCUT2D eigenvalue weighted by atomic mass is 35.5. The summed E-state index contributed by atoms with van der Waals surface area (Å²) in [7, 11) is 0. The summed E-state index contributed by atoms with van der Waals surface area (Å²) in [4.78, 5) is 27.6. The number of benzene rings is 1. The Morgan fingerprint density at radius 1 is 1.21 bits per heavy atom. The fraction of sp³-hybridized carbons (Fsp3) is 0.478. The smallest absolute Gasteiger partial charge is 0.349 e. The van der Waals surface area contributed by atoms with Crippen LogP contribution in [-0.2, 0) is 12.8 Å². The number of aryl methyl sites for hydroxylation is 3. The summed E-state index contributed by atoms with van der Waals surface area (Å²) in [5.74, 6) is 0.463. The molecule has 1 unspecified atom stereocenters. The Labute approximate surface area is 177 Å². The number of carbonyl (C=O) groups excluding carboxylic acids is 1. The quantitative estimate of drug-likeness (QED) is 0.830. The van der Waals surface area contributed by atoms with Gasteiger partial charge in [-0.25, -0.2) is 4.79 Å². The molecule has 0 saturated carbocycles. The van der Waals surface area contributed by atoms with Crippen LogP contribution in [0.25, 0.3) is 0 Å². The van der Waals surface area contributed by atoms with Gasteiger partial charge in [0.1, 0.15) is 11.3 Å². The van der Waals surface area contributed by atoms with E-state index in [4.69, 9.17) is 4.42 Å². The Bertz CT molecular complexity index is 904.